The smallest absolute Gasteiger partial charge is 0.338 e. The molecule has 14 heteroatoms. The Labute approximate surface area is 267 Å². The number of rotatable bonds is 9. The molecule has 11 nitrogen and oxygen atoms in total. The van der Waals surface area contributed by atoms with Crippen LogP contribution in [0.5, 0.6) is 11.5 Å². The number of hydrogen-bond donors (Lipinski definition) is 0. The van der Waals surface area contributed by atoms with Crippen LogP contribution in [0.2, 0.25) is 5.02 Å². The minimum absolute atomic E-state index is 0.135. The van der Waals surface area contributed by atoms with E-state index in [9.17, 15) is 19.7 Å². The lowest BCUT2D eigenvalue weighted by Crippen LogP contribution is -2.40. The van der Waals surface area contributed by atoms with Gasteiger partial charge < -0.3 is 18.6 Å². The van der Waals surface area contributed by atoms with E-state index < -0.39 is 22.5 Å². The van der Waals surface area contributed by atoms with Crippen molar-refractivity contribution in [2.45, 2.75) is 26.8 Å². The van der Waals surface area contributed by atoms with Crippen LogP contribution in [-0.4, -0.2) is 35.8 Å². The fourth-order valence-electron chi connectivity index (χ4n) is 4.79. The van der Waals surface area contributed by atoms with E-state index in [0.29, 0.717) is 55.7 Å². The molecule has 0 spiro atoms. The predicted octanol–water partition coefficient (Wildman–Crippen LogP) is 5.79. The van der Waals surface area contributed by atoms with E-state index in [2.05, 4.69) is 20.9 Å². The zero-order chi connectivity index (χ0) is 31.7. The fourth-order valence-corrected chi connectivity index (χ4v) is 6.57. The second-order valence-electron chi connectivity index (χ2n) is 9.38. The van der Waals surface area contributed by atoms with E-state index in [-0.39, 0.29) is 27.4 Å². The Morgan fingerprint density at radius 1 is 1.20 bits per heavy atom. The van der Waals surface area contributed by atoms with Crippen molar-refractivity contribution in [1.29, 1.82) is 0 Å². The van der Waals surface area contributed by atoms with Crippen LogP contribution in [0.4, 0.5) is 5.69 Å². The summed E-state index contributed by atoms with van der Waals surface area (Å²) in [5.41, 5.74) is 0.960. The molecule has 228 valence electrons. The molecular weight excluding hydrogens is 678 g/mol. The molecule has 3 heterocycles. The number of furan rings is 1. The zero-order valence-corrected chi connectivity index (χ0v) is 27.0. The molecule has 1 aliphatic rings. The lowest BCUT2D eigenvalue weighted by atomic mass is 9.95. The maximum Gasteiger partial charge on any atom is 0.338 e. The van der Waals surface area contributed by atoms with Crippen molar-refractivity contribution in [3.8, 4) is 22.8 Å². The Morgan fingerprint density at radius 3 is 2.66 bits per heavy atom. The van der Waals surface area contributed by atoms with Crippen LogP contribution in [-0.2, 0) is 9.53 Å². The Bertz CT molecular complexity index is 2010. The Morgan fingerprint density at radius 2 is 1.98 bits per heavy atom. The van der Waals surface area contributed by atoms with E-state index in [4.69, 9.17) is 30.2 Å². The van der Waals surface area contributed by atoms with Crippen molar-refractivity contribution in [2.24, 2.45) is 4.99 Å². The third-order valence-corrected chi connectivity index (χ3v) is 8.72. The average molecular weight is 703 g/mol. The number of nitro benzene ring substituents is 1. The summed E-state index contributed by atoms with van der Waals surface area (Å²) in [4.78, 5) is 43.0. The van der Waals surface area contributed by atoms with Gasteiger partial charge >= 0.3 is 5.97 Å². The molecule has 0 saturated carbocycles. The number of nitro groups is 1. The molecule has 2 aromatic carbocycles. The Kier molecular flexibility index (Phi) is 9.09. The van der Waals surface area contributed by atoms with Gasteiger partial charge in [0.25, 0.3) is 11.2 Å². The molecule has 0 saturated heterocycles. The summed E-state index contributed by atoms with van der Waals surface area (Å²) in [6.45, 7) is 5.79. The number of thiazole rings is 1. The second-order valence-corrected chi connectivity index (χ2v) is 11.7. The molecule has 1 atom stereocenters. The molecule has 0 radical (unpaired) electrons. The summed E-state index contributed by atoms with van der Waals surface area (Å²) in [7, 11) is 1.51. The quantitative estimate of drug-likeness (QED) is 0.122. The van der Waals surface area contributed by atoms with Crippen LogP contribution < -0.4 is 24.4 Å². The lowest BCUT2D eigenvalue weighted by molar-refractivity contribution is -0.384. The van der Waals surface area contributed by atoms with Crippen molar-refractivity contribution in [1.82, 2.24) is 4.57 Å². The normalized spacial score (nSPS) is 14.7. The number of ether oxygens (including phenoxy) is 3. The minimum Gasteiger partial charge on any atom is -0.493 e. The number of nitrogens with zero attached hydrogens (tertiary/aromatic N) is 3. The van der Waals surface area contributed by atoms with Crippen LogP contribution in [0.3, 0.4) is 0 Å². The molecule has 0 amide bonds. The fraction of sp³-hybridized carbons (Fsp3) is 0.233. The Balaban J connectivity index is 1.67. The van der Waals surface area contributed by atoms with E-state index >= 15 is 0 Å². The van der Waals surface area contributed by atoms with Crippen molar-refractivity contribution < 1.29 is 28.3 Å². The standard InChI is InChI=1S/C30H25BrClN3O8S/c1-5-41-24-14-20(31)18(13-23(24)40-4)27-26(29(37)42-6-2)15(3)33-30-34(27)28(36)25(44-30)12-17-8-10-22(43-17)19-11-16(35(38)39)7-9-21(19)32/h7-14,27H,5-6H2,1-4H3/b25-12+/t27-/m1/s1. The van der Waals surface area contributed by atoms with Gasteiger partial charge in [-0.3, -0.25) is 19.5 Å². The van der Waals surface area contributed by atoms with Crippen LogP contribution in [0, 0.1) is 10.1 Å². The first kappa shape index (κ1) is 31.2. The second kappa shape index (κ2) is 12.8. The Hall–Kier alpha value is -4.20. The van der Waals surface area contributed by atoms with Gasteiger partial charge in [0, 0.05) is 28.2 Å². The van der Waals surface area contributed by atoms with E-state index in [1.807, 2.05) is 6.92 Å². The third kappa shape index (κ3) is 5.82. The topological polar surface area (TPSA) is 135 Å². The molecule has 5 rings (SSSR count). The minimum atomic E-state index is -0.901. The van der Waals surface area contributed by atoms with E-state index in [1.165, 1.54) is 29.9 Å². The van der Waals surface area contributed by atoms with Gasteiger partial charge in [-0.05, 0) is 56.7 Å². The molecule has 0 bridgehead atoms. The molecular formula is C30H25BrClN3O8S. The van der Waals surface area contributed by atoms with Gasteiger partial charge in [0.2, 0.25) is 0 Å². The average Bonchev–Trinajstić information content (AvgIpc) is 3.57. The van der Waals surface area contributed by atoms with Gasteiger partial charge in [-0.15, -0.1) is 0 Å². The molecule has 1 aliphatic heterocycles. The molecule has 0 fully saturated rings. The highest BCUT2D eigenvalue weighted by Gasteiger charge is 2.35. The van der Waals surface area contributed by atoms with Crippen LogP contribution in [0.25, 0.3) is 17.4 Å². The van der Waals surface area contributed by atoms with Crippen molar-refractivity contribution in [3.63, 3.8) is 0 Å². The first-order chi connectivity index (χ1) is 21.1. The number of allylic oxidation sites excluding steroid dienone is 1. The van der Waals surface area contributed by atoms with Crippen molar-refractivity contribution in [2.75, 3.05) is 20.3 Å². The molecule has 4 aromatic rings. The number of esters is 1. The number of carbonyl (C=O) groups excluding carboxylic acids is 1. The maximum atomic E-state index is 14.0. The van der Waals surface area contributed by atoms with Crippen LogP contribution >= 0.6 is 38.9 Å². The largest absolute Gasteiger partial charge is 0.493 e. The van der Waals surface area contributed by atoms with Crippen molar-refractivity contribution in [3.05, 3.63) is 104 Å². The summed E-state index contributed by atoms with van der Waals surface area (Å²) in [5.74, 6) is 0.926. The number of hydrogen-bond acceptors (Lipinski definition) is 10. The van der Waals surface area contributed by atoms with Gasteiger partial charge in [-0.25, -0.2) is 9.79 Å². The van der Waals surface area contributed by atoms with Gasteiger partial charge in [0.05, 0.1) is 52.1 Å². The molecule has 2 aromatic heterocycles. The van der Waals surface area contributed by atoms with E-state index in [0.717, 1.165) is 11.3 Å². The van der Waals surface area contributed by atoms with Crippen molar-refractivity contribution >= 4 is 56.6 Å². The zero-order valence-electron chi connectivity index (χ0n) is 23.9. The molecule has 44 heavy (non-hydrogen) atoms. The SMILES string of the molecule is CCOC(=O)C1=C(C)N=c2s/c(=C/c3ccc(-c4cc([N+](=O)[O-])ccc4Cl)o3)c(=O)n2[C@@H]1c1cc(OC)c(OCC)cc1Br. The van der Waals surface area contributed by atoms with Gasteiger partial charge in [-0.1, -0.05) is 38.9 Å². The van der Waals surface area contributed by atoms with Gasteiger partial charge in [0.15, 0.2) is 16.3 Å². The summed E-state index contributed by atoms with van der Waals surface area (Å²) in [6, 6.07) is 9.84. The number of benzene rings is 2. The number of fused-ring (bicyclic) bond motifs is 1. The van der Waals surface area contributed by atoms with Gasteiger partial charge in [-0.2, -0.15) is 0 Å². The van der Waals surface area contributed by atoms with E-state index in [1.54, 1.807) is 44.2 Å². The number of carbonyl (C=O) groups is 1. The van der Waals surface area contributed by atoms with Gasteiger partial charge in [0.1, 0.15) is 11.5 Å². The predicted molar refractivity (Wildman–Crippen MR) is 168 cm³/mol. The number of halogens is 2. The maximum absolute atomic E-state index is 14.0. The number of methoxy groups -OCH3 is 1. The monoisotopic (exact) mass is 701 g/mol. The summed E-state index contributed by atoms with van der Waals surface area (Å²) in [6.07, 6.45) is 1.55. The summed E-state index contributed by atoms with van der Waals surface area (Å²) >= 11 is 11.0. The molecule has 0 unspecified atom stereocenters. The first-order valence-corrected chi connectivity index (χ1v) is 15.3. The highest BCUT2D eigenvalue weighted by molar-refractivity contribution is 9.10. The van der Waals surface area contributed by atoms with Crippen LogP contribution in [0.15, 0.2) is 72.4 Å². The molecule has 0 aliphatic carbocycles. The number of aromatic nitrogens is 1. The summed E-state index contributed by atoms with van der Waals surface area (Å²) < 4.78 is 24.9. The number of non-ortho nitro benzene ring substituents is 1. The highest BCUT2D eigenvalue weighted by Crippen LogP contribution is 2.41. The van der Waals surface area contributed by atoms with Crippen LogP contribution in [0.1, 0.15) is 38.1 Å². The first-order valence-electron chi connectivity index (χ1n) is 13.3. The third-order valence-electron chi connectivity index (χ3n) is 6.72. The summed E-state index contributed by atoms with van der Waals surface area (Å²) in [5, 5.41) is 11.5. The highest BCUT2D eigenvalue weighted by atomic mass is 79.9. The lowest BCUT2D eigenvalue weighted by Gasteiger charge is -2.26. The molecule has 0 N–H and O–H groups in total.